The molecule has 4 rings (SSSR count). The largest absolute Gasteiger partial charge is 0.465 e. The first-order valence-electron chi connectivity index (χ1n) is 8.53. The van der Waals surface area contributed by atoms with Crippen LogP contribution in [0.4, 0.5) is 4.79 Å². The summed E-state index contributed by atoms with van der Waals surface area (Å²) >= 11 is 0. The Kier molecular flexibility index (Phi) is 3.98. The van der Waals surface area contributed by atoms with Crippen LogP contribution in [0.25, 0.3) is 11.1 Å². The van der Waals surface area contributed by atoms with Gasteiger partial charge in [0.2, 0.25) is 0 Å². The van der Waals surface area contributed by atoms with Crippen LogP contribution in [-0.4, -0.2) is 47.2 Å². The highest BCUT2D eigenvalue weighted by molar-refractivity contribution is 5.65. The average Bonchev–Trinajstić information content (AvgIpc) is 3.15. The zero-order chi connectivity index (χ0) is 16.5. The third kappa shape index (κ3) is 3.02. The smallest absolute Gasteiger partial charge is 0.407 e. The molecule has 24 heavy (non-hydrogen) atoms. The maximum atomic E-state index is 11.1. The summed E-state index contributed by atoms with van der Waals surface area (Å²) in [5, 5.41) is 9.10. The van der Waals surface area contributed by atoms with Gasteiger partial charge in [-0.15, -0.1) is 0 Å². The van der Waals surface area contributed by atoms with Gasteiger partial charge in [0.25, 0.3) is 0 Å². The van der Waals surface area contributed by atoms with E-state index in [0.29, 0.717) is 24.9 Å². The molecule has 1 amide bonds. The Morgan fingerprint density at radius 2 is 1.46 bits per heavy atom. The van der Waals surface area contributed by atoms with E-state index < -0.39 is 6.09 Å². The van der Waals surface area contributed by atoms with Gasteiger partial charge in [0.05, 0.1) is 0 Å². The summed E-state index contributed by atoms with van der Waals surface area (Å²) in [7, 11) is 0. The maximum absolute atomic E-state index is 11.1. The fourth-order valence-electron chi connectivity index (χ4n) is 4.07. The second-order valence-electron chi connectivity index (χ2n) is 6.96. The Morgan fingerprint density at radius 1 is 0.875 bits per heavy atom. The van der Waals surface area contributed by atoms with Gasteiger partial charge in [-0.05, 0) is 28.5 Å². The molecule has 0 saturated carbocycles. The molecule has 2 saturated heterocycles. The molecule has 0 aliphatic carbocycles. The molecule has 2 heterocycles. The van der Waals surface area contributed by atoms with Gasteiger partial charge in [-0.25, -0.2) is 4.79 Å². The Morgan fingerprint density at radius 3 is 2.04 bits per heavy atom. The molecule has 2 fully saturated rings. The van der Waals surface area contributed by atoms with E-state index in [1.807, 2.05) is 6.07 Å². The monoisotopic (exact) mass is 322 g/mol. The van der Waals surface area contributed by atoms with Crippen LogP contribution in [0.15, 0.2) is 54.6 Å². The molecule has 4 heteroatoms. The Labute approximate surface area is 142 Å². The summed E-state index contributed by atoms with van der Waals surface area (Å²) in [6.45, 7) is 4.37. The first-order valence-corrected chi connectivity index (χ1v) is 8.53. The van der Waals surface area contributed by atoms with Crippen LogP contribution in [-0.2, 0) is 6.54 Å². The molecule has 1 N–H and O–H groups in total. The molecule has 2 unspecified atom stereocenters. The highest BCUT2D eigenvalue weighted by Gasteiger charge is 2.41. The van der Waals surface area contributed by atoms with Gasteiger partial charge in [0.1, 0.15) is 0 Å². The number of amides is 1. The fraction of sp³-hybridized carbons (Fsp3) is 0.350. The Bertz CT molecular complexity index is 700. The van der Waals surface area contributed by atoms with Crippen molar-refractivity contribution in [1.82, 2.24) is 9.80 Å². The maximum Gasteiger partial charge on any atom is 0.407 e. The summed E-state index contributed by atoms with van der Waals surface area (Å²) in [4.78, 5) is 15.1. The molecular formula is C20H22N2O2. The van der Waals surface area contributed by atoms with Gasteiger partial charge in [-0.2, -0.15) is 0 Å². The van der Waals surface area contributed by atoms with E-state index in [-0.39, 0.29) is 0 Å². The third-order valence-electron chi connectivity index (χ3n) is 5.30. The summed E-state index contributed by atoms with van der Waals surface area (Å²) in [5.74, 6) is 1.01. The molecule has 2 aliphatic rings. The van der Waals surface area contributed by atoms with Crippen LogP contribution in [0, 0.1) is 11.8 Å². The minimum Gasteiger partial charge on any atom is -0.465 e. The second-order valence-corrected chi connectivity index (χ2v) is 6.96. The summed E-state index contributed by atoms with van der Waals surface area (Å²) in [6, 6.07) is 19.2. The van der Waals surface area contributed by atoms with Gasteiger partial charge in [0, 0.05) is 32.7 Å². The number of carboxylic acid groups (broad SMARTS) is 1. The number of hydrogen-bond donors (Lipinski definition) is 1. The van der Waals surface area contributed by atoms with E-state index in [4.69, 9.17) is 5.11 Å². The lowest BCUT2D eigenvalue weighted by Gasteiger charge is -2.20. The van der Waals surface area contributed by atoms with E-state index in [9.17, 15) is 4.79 Å². The number of carbonyl (C=O) groups is 1. The van der Waals surface area contributed by atoms with Gasteiger partial charge >= 0.3 is 6.09 Å². The normalized spacial score (nSPS) is 23.4. The molecule has 2 aromatic carbocycles. The van der Waals surface area contributed by atoms with Crippen LogP contribution >= 0.6 is 0 Å². The predicted octanol–water partition coefficient (Wildman–Crippen LogP) is 3.40. The first-order chi connectivity index (χ1) is 11.7. The SMILES string of the molecule is O=C(O)N1CC2CN(Cc3ccc(-c4ccccc4)cc3)CC2C1. The fourth-order valence-corrected chi connectivity index (χ4v) is 4.07. The van der Waals surface area contributed by atoms with Crippen molar-refractivity contribution >= 4 is 6.09 Å². The molecular weight excluding hydrogens is 300 g/mol. The Balaban J connectivity index is 1.37. The molecule has 124 valence electrons. The number of rotatable bonds is 3. The molecule has 0 spiro atoms. The molecule has 0 aromatic heterocycles. The van der Waals surface area contributed by atoms with Crippen LogP contribution in [0.1, 0.15) is 5.56 Å². The van der Waals surface area contributed by atoms with E-state index in [1.165, 1.54) is 16.7 Å². The molecule has 2 aromatic rings. The quantitative estimate of drug-likeness (QED) is 0.942. The number of fused-ring (bicyclic) bond motifs is 1. The van der Waals surface area contributed by atoms with E-state index in [0.717, 1.165) is 19.6 Å². The van der Waals surface area contributed by atoms with Gasteiger partial charge in [0.15, 0.2) is 0 Å². The first kappa shape index (κ1) is 15.2. The molecule has 2 atom stereocenters. The topological polar surface area (TPSA) is 43.8 Å². The van der Waals surface area contributed by atoms with E-state index in [2.05, 4.69) is 53.4 Å². The van der Waals surface area contributed by atoms with Crippen molar-refractivity contribution in [3.05, 3.63) is 60.2 Å². The summed E-state index contributed by atoms with van der Waals surface area (Å²) in [6.07, 6.45) is -0.771. The predicted molar refractivity (Wildman–Crippen MR) is 93.7 cm³/mol. The molecule has 4 nitrogen and oxygen atoms in total. The number of nitrogens with zero attached hydrogens (tertiary/aromatic N) is 2. The minimum atomic E-state index is -0.771. The lowest BCUT2D eigenvalue weighted by atomic mass is 10.0. The van der Waals surface area contributed by atoms with Crippen LogP contribution < -0.4 is 0 Å². The van der Waals surface area contributed by atoms with Crippen LogP contribution in [0.5, 0.6) is 0 Å². The van der Waals surface area contributed by atoms with Crippen LogP contribution in [0.2, 0.25) is 0 Å². The highest BCUT2D eigenvalue weighted by atomic mass is 16.4. The molecule has 2 aliphatic heterocycles. The second kappa shape index (κ2) is 6.29. The number of likely N-dealkylation sites (tertiary alicyclic amines) is 2. The average molecular weight is 322 g/mol. The van der Waals surface area contributed by atoms with E-state index in [1.54, 1.807) is 4.90 Å². The number of benzene rings is 2. The van der Waals surface area contributed by atoms with Crippen LogP contribution in [0.3, 0.4) is 0 Å². The lowest BCUT2D eigenvalue weighted by Crippen LogP contribution is -2.31. The van der Waals surface area contributed by atoms with Gasteiger partial charge in [-0.1, -0.05) is 54.6 Å². The zero-order valence-electron chi connectivity index (χ0n) is 13.6. The molecule has 0 radical (unpaired) electrons. The Hall–Kier alpha value is -2.33. The van der Waals surface area contributed by atoms with Crippen molar-refractivity contribution in [2.45, 2.75) is 6.54 Å². The van der Waals surface area contributed by atoms with Crippen molar-refractivity contribution in [2.75, 3.05) is 26.2 Å². The molecule has 0 bridgehead atoms. The lowest BCUT2D eigenvalue weighted by molar-refractivity contribution is 0.148. The third-order valence-corrected chi connectivity index (χ3v) is 5.30. The van der Waals surface area contributed by atoms with E-state index >= 15 is 0 Å². The van der Waals surface area contributed by atoms with Gasteiger partial charge in [-0.3, -0.25) is 4.90 Å². The number of hydrogen-bond acceptors (Lipinski definition) is 2. The van der Waals surface area contributed by atoms with Crippen molar-refractivity contribution in [2.24, 2.45) is 11.8 Å². The minimum absolute atomic E-state index is 0.504. The summed E-state index contributed by atoms with van der Waals surface area (Å²) in [5.41, 5.74) is 3.81. The van der Waals surface area contributed by atoms with Crippen molar-refractivity contribution in [3.63, 3.8) is 0 Å². The van der Waals surface area contributed by atoms with Crippen molar-refractivity contribution in [3.8, 4) is 11.1 Å². The standard InChI is InChI=1S/C20H22N2O2/c23-20(24)22-13-18-11-21(12-19(18)14-22)10-15-6-8-17(9-7-15)16-4-2-1-3-5-16/h1-9,18-19H,10-14H2,(H,23,24). The van der Waals surface area contributed by atoms with Gasteiger partial charge < -0.3 is 10.0 Å². The summed E-state index contributed by atoms with van der Waals surface area (Å²) < 4.78 is 0. The highest BCUT2D eigenvalue weighted by Crippen LogP contribution is 2.32. The van der Waals surface area contributed by atoms with Crippen molar-refractivity contribution in [1.29, 1.82) is 0 Å². The zero-order valence-corrected chi connectivity index (χ0v) is 13.6. The van der Waals surface area contributed by atoms with Crippen molar-refractivity contribution < 1.29 is 9.90 Å².